The summed E-state index contributed by atoms with van der Waals surface area (Å²) in [5.41, 5.74) is 2.83. The van der Waals surface area contributed by atoms with Gasteiger partial charge in [-0.15, -0.1) is 0 Å². The van der Waals surface area contributed by atoms with Crippen LogP contribution in [0.4, 0.5) is 5.69 Å². The van der Waals surface area contributed by atoms with Crippen LogP contribution in [0.15, 0.2) is 47.4 Å². The second-order valence-corrected chi connectivity index (χ2v) is 8.56. The number of hydrogen-bond acceptors (Lipinski definition) is 3. The van der Waals surface area contributed by atoms with Gasteiger partial charge in [-0.1, -0.05) is 38.1 Å². The normalized spacial score (nSPS) is 17.0. The first-order chi connectivity index (χ1) is 11.9. The standard InChI is InChI=1S/C20H25NO3S/c1-5-24-19-11-10-16(14(2)3)13-20(19)25(22,23)21-15(4)12-17-8-6-7-9-18(17)21/h6-11,13-15H,5,12H2,1-4H3. The average Bonchev–Trinajstić information content (AvgIpc) is 2.91. The molecule has 0 fully saturated rings. The summed E-state index contributed by atoms with van der Waals surface area (Å²) in [5.74, 6) is 0.663. The highest BCUT2D eigenvalue weighted by Gasteiger charge is 2.37. The molecule has 0 spiro atoms. The predicted molar refractivity (Wildman–Crippen MR) is 101 cm³/mol. The van der Waals surface area contributed by atoms with Crippen molar-refractivity contribution in [2.24, 2.45) is 0 Å². The van der Waals surface area contributed by atoms with Crippen LogP contribution in [0.5, 0.6) is 5.75 Å². The lowest BCUT2D eigenvalue weighted by molar-refractivity contribution is 0.331. The summed E-state index contributed by atoms with van der Waals surface area (Å²) < 4.78 is 34.2. The van der Waals surface area contributed by atoms with E-state index < -0.39 is 10.0 Å². The second-order valence-electron chi connectivity index (χ2n) is 6.78. The predicted octanol–water partition coefficient (Wildman–Crippen LogP) is 4.35. The molecule has 0 aliphatic carbocycles. The first-order valence-corrected chi connectivity index (χ1v) is 10.2. The Hall–Kier alpha value is -2.01. The smallest absolute Gasteiger partial charge is 0.268 e. The average molecular weight is 359 g/mol. The van der Waals surface area contributed by atoms with Gasteiger partial charge in [0.05, 0.1) is 12.3 Å². The van der Waals surface area contributed by atoms with E-state index in [4.69, 9.17) is 4.74 Å². The zero-order chi connectivity index (χ0) is 18.2. The van der Waals surface area contributed by atoms with Crippen LogP contribution < -0.4 is 9.04 Å². The number of fused-ring (bicyclic) bond motifs is 1. The van der Waals surface area contributed by atoms with Crippen LogP contribution in [0.25, 0.3) is 0 Å². The van der Waals surface area contributed by atoms with Crippen LogP contribution in [0.2, 0.25) is 0 Å². The minimum atomic E-state index is -3.70. The van der Waals surface area contributed by atoms with E-state index in [2.05, 4.69) is 13.8 Å². The van der Waals surface area contributed by atoms with Gasteiger partial charge in [0.15, 0.2) is 0 Å². The Bertz CT molecular complexity index is 874. The Morgan fingerprint density at radius 1 is 1.20 bits per heavy atom. The van der Waals surface area contributed by atoms with Crippen molar-refractivity contribution in [1.29, 1.82) is 0 Å². The number of sulfonamides is 1. The van der Waals surface area contributed by atoms with Crippen molar-refractivity contribution in [3.8, 4) is 5.75 Å². The lowest BCUT2D eigenvalue weighted by atomic mass is 10.0. The van der Waals surface area contributed by atoms with Crippen LogP contribution in [-0.4, -0.2) is 21.1 Å². The summed E-state index contributed by atoms with van der Waals surface area (Å²) in [5, 5.41) is 0. The van der Waals surface area contributed by atoms with E-state index >= 15 is 0 Å². The Balaban J connectivity index is 2.16. The maximum Gasteiger partial charge on any atom is 0.268 e. The zero-order valence-electron chi connectivity index (χ0n) is 15.2. The number of para-hydroxylation sites is 1. The summed E-state index contributed by atoms with van der Waals surface area (Å²) in [4.78, 5) is 0.254. The zero-order valence-corrected chi connectivity index (χ0v) is 16.0. The molecule has 3 rings (SSSR count). The van der Waals surface area contributed by atoms with Gasteiger partial charge >= 0.3 is 0 Å². The molecule has 25 heavy (non-hydrogen) atoms. The van der Waals surface area contributed by atoms with Crippen LogP contribution >= 0.6 is 0 Å². The molecule has 0 N–H and O–H groups in total. The molecular weight excluding hydrogens is 334 g/mol. The molecule has 1 unspecified atom stereocenters. The van der Waals surface area contributed by atoms with Crippen LogP contribution in [0.3, 0.4) is 0 Å². The van der Waals surface area contributed by atoms with Crippen molar-refractivity contribution in [3.63, 3.8) is 0 Å². The summed E-state index contributed by atoms with van der Waals surface area (Å²) >= 11 is 0. The maximum absolute atomic E-state index is 13.5. The Kier molecular flexibility index (Phi) is 4.78. The molecule has 2 aromatic carbocycles. The van der Waals surface area contributed by atoms with Crippen LogP contribution in [-0.2, 0) is 16.4 Å². The number of benzene rings is 2. The molecular formula is C20H25NO3S. The fourth-order valence-electron chi connectivity index (χ4n) is 3.37. The summed E-state index contributed by atoms with van der Waals surface area (Å²) in [7, 11) is -3.70. The molecule has 0 radical (unpaired) electrons. The van der Waals surface area contributed by atoms with Gasteiger partial charge in [-0.05, 0) is 55.5 Å². The first-order valence-electron chi connectivity index (χ1n) is 8.75. The van der Waals surface area contributed by atoms with Gasteiger partial charge in [0.1, 0.15) is 10.6 Å². The molecule has 134 valence electrons. The van der Waals surface area contributed by atoms with E-state index in [1.165, 1.54) is 0 Å². The minimum Gasteiger partial charge on any atom is -0.492 e. The van der Waals surface area contributed by atoms with E-state index in [1.807, 2.05) is 44.2 Å². The summed E-state index contributed by atoms with van der Waals surface area (Å²) in [6.07, 6.45) is 0.725. The largest absolute Gasteiger partial charge is 0.492 e. The van der Waals surface area contributed by atoms with Gasteiger partial charge in [0.2, 0.25) is 0 Å². The van der Waals surface area contributed by atoms with E-state index in [9.17, 15) is 8.42 Å². The molecule has 0 bridgehead atoms. The van der Waals surface area contributed by atoms with E-state index in [-0.39, 0.29) is 16.9 Å². The van der Waals surface area contributed by atoms with Crippen LogP contribution in [0, 0.1) is 0 Å². The Labute approximate surface area is 150 Å². The fourth-order valence-corrected chi connectivity index (χ4v) is 5.23. The monoisotopic (exact) mass is 359 g/mol. The molecule has 1 aliphatic rings. The quantitative estimate of drug-likeness (QED) is 0.797. The lowest BCUT2D eigenvalue weighted by Gasteiger charge is -2.26. The molecule has 2 aromatic rings. The van der Waals surface area contributed by atoms with Crippen molar-refractivity contribution in [1.82, 2.24) is 0 Å². The molecule has 0 amide bonds. The van der Waals surface area contributed by atoms with Gasteiger partial charge < -0.3 is 4.74 Å². The van der Waals surface area contributed by atoms with Crippen molar-refractivity contribution >= 4 is 15.7 Å². The van der Waals surface area contributed by atoms with Crippen molar-refractivity contribution < 1.29 is 13.2 Å². The number of hydrogen-bond donors (Lipinski definition) is 0. The highest BCUT2D eigenvalue weighted by atomic mass is 32.2. The minimum absolute atomic E-state index is 0.111. The van der Waals surface area contributed by atoms with E-state index in [1.54, 1.807) is 16.4 Å². The lowest BCUT2D eigenvalue weighted by Crippen LogP contribution is -2.36. The van der Waals surface area contributed by atoms with Gasteiger partial charge in [-0.3, -0.25) is 4.31 Å². The van der Waals surface area contributed by atoms with Gasteiger partial charge in [0, 0.05) is 6.04 Å². The Morgan fingerprint density at radius 2 is 1.92 bits per heavy atom. The Morgan fingerprint density at radius 3 is 2.60 bits per heavy atom. The molecule has 5 heteroatoms. The highest BCUT2D eigenvalue weighted by Crippen LogP contribution is 2.39. The summed E-state index contributed by atoms with van der Waals surface area (Å²) in [6.45, 7) is 8.35. The third kappa shape index (κ3) is 3.13. The summed E-state index contributed by atoms with van der Waals surface area (Å²) in [6, 6.07) is 13.1. The molecule has 0 saturated carbocycles. The number of rotatable bonds is 5. The molecule has 0 aromatic heterocycles. The molecule has 1 aliphatic heterocycles. The first kappa shape index (κ1) is 17.8. The molecule has 4 nitrogen and oxygen atoms in total. The third-order valence-corrected chi connectivity index (χ3v) is 6.57. The van der Waals surface area contributed by atoms with E-state index in [0.717, 1.165) is 23.2 Å². The number of nitrogens with zero attached hydrogens (tertiary/aromatic N) is 1. The van der Waals surface area contributed by atoms with Gasteiger partial charge in [-0.2, -0.15) is 0 Å². The van der Waals surface area contributed by atoms with E-state index in [0.29, 0.717) is 12.4 Å². The maximum atomic E-state index is 13.5. The molecule has 1 atom stereocenters. The topological polar surface area (TPSA) is 46.6 Å². The van der Waals surface area contributed by atoms with Gasteiger partial charge in [-0.25, -0.2) is 8.42 Å². The number of anilines is 1. The van der Waals surface area contributed by atoms with Crippen LogP contribution in [0.1, 0.15) is 44.7 Å². The third-order valence-electron chi connectivity index (χ3n) is 4.62. The SMILES string of the molecule is CCOc1ccc(C(C)C)cc1S(=O)(=O)N1c2ccccc2CC1C. The van der Waals surface area contributed by atoms with Crippen molar-refractivity contribution in [2.75, 3.05) is 10.9 Å². The second kappa shape index (κ2) is 6.71. The van der Waals surface area contributed by atoms with Crippen molar-refractivity contribution in [3.05, 3.63) is 53.6 Å². The number of ether oxygens (including phenoxy) is 1. The van der Waals surface area contributed by atoms with Gasteiger partial charge in [0.25, 0.3) is 10.0 Å². The molecule has 0 saturated heterocycles. The fraction of sp³-hybridized carbons (Fsp3) is 0.400. The molecule has 1 heterocycles. The highest BCUT2D eigenvalue weighted by molar-refractivity contribution is 7.93. The van der Waals surface area contributed by atoms with Crippen molar-refractivity contribution in [2.45, 2.75) is 51.0 Å².